The van der Waals surface area contributed by atoms with E-state index in [1.807, 2.05) is 0 Å². The van der Waals surface area contributed by atoms with Gasteiger partial charge in [0.1, 0.15) is 6.10 Å². The van der Waals surface area contributed by atoms with E-state index in [1.54, 1.807) is 0 Å². The molecule has 0 atom stereocenters. The van der Waals surface area contributed by atoms with Gasteiger partial charge in [0, 0.05) is 5.02 Å². The first-order chi connectivity index (χ1) is 8.79. The van der Waals surface area contributed by atoms with Crippen LogP contribution in [0.25, 0.3) is 0 Å². The van der Waals surface area contributed by atoms with Gasteiger partial charge < -0.3 is 4.74 Å². The molecule has 7 heteroatoms. The third-order valence-electron chi connectivity index (χ3n) is 3.18. The Balaban J connectivity index is 2.39. The summed E-state index contributed by atoms with van der Waals surface area (Å²) in [4.78, 5) is 11.8. The van der Waals surface area contributed by atoms with Gasteiger partial charge >= 0.3 is 5.97 Å². The summed E-state index contributed by atoms with van der Waals surface area (Å²) in [6.07, 6.45) is 2.64. The molecule has 1 saturated carbocycles. The van der Waals surface area contributed by atoms with E-state index in [0.717, 1.165) is 19.3 Å². The van der Waals surface area contributed by atoms with Crippen molar-refractivity contribution in [3.63, 3.8) is 0 Å². The topological polar surface area (TPSA) is 86.5 Å². The van der Waals surface area contributed by atoms with Gasteiger partial charge in [-0.1, -0.05) is 11.6 Å². The van der Waals surface area contributed by atoms with Crippen molar-refractivity contribution in [2.75, 3.05) is 0 Å². The lowest BCUT2D eigenvalue weighted by molar-refractivity contribution is 0.00890. The monoisotopic (exact) mass is 303 g/mol. The molecule has 0 spiro atoms. The number of nitrogens with two attached hydrogens (primary N) is 1. The summed E-state index contributed by atoms with van der Waals surface area (Å²) in [7, 11) is -3.92. The molecular formula is C12H14ClNO4S. The van der Waals surface area contributed by atoms with Gasteiger partial charge in [0.25, 0.3) is 0 Å². The van der Waals surface area contributed by atoms with Gasteiger partial charge in [0.05, 0.1) is 10.5 Å². The molecule has 0 heterocycles. The lowest BCUT2D eigenvalue weighted by atomic mass is 9.96. The van der Waals surface area contributed by atoms with Crippen LogP contribution < -0.4 is 5.14 Å². The van der Waals surface area contributed by atoms with E-state index in [0.29, 0.717) is 0 Å². The zero-order valence-electron chi connectivity index (χ0n) is 10.3. The molecule has 2 N–H and O–H groups in total. The van der Waals surface area contributed by atoms with Crippen molar-refractivity contribution in [3.05, 3.63) is 28.3 Å². The minimum absolute atomic E-state index is 0.0798. The largest absolute Gasteiger partial charge is 0.459 e. The normalized spacial score (nSPS) is 15.9. The summed E-state index contributed by atoms with van der Waals surface area (Å²) >= 11 is 5.83. The number of rotatable bonds is 3. The van der Waals surface area contributed by atoms with Crippen molar-refractivity contribution in [1.82, 2.24) is 0 Å². The lowest BCUT2D eigenvalue weighted by Gasteiger charge is -2.25. The Labute approximate surface area is 116 Å². The Morgan fingerprint density at radius 1 is 1.42 bits per heavy atom. The van der Waals surface area contributed by atoms with E-state index in [1.165, 1.54) is 19.1 Å². The Hall–Kier alpha value is -1.11. The second-order valence-corrected chi connectivity index (χ2v) is 6.55. The summed E-state index contributed by atoms with van der Waals surface area (Å²) in [5.41, 5.74) is 0.402. The number of primary sulfonamides is 1. The highest BCUT2D eigenvalue weighted by molar-refractivity contribution is 7.89. The van der Waals surface area contributed by atoms with Crippen molar-refractivity contribution < 1.29 is 17.9 Å². The lowest BCUT2D eigenvalue weighted by Crippen LogP contribution is -2.26. The number of benzene rings is 1. The Morgan fingerprint density at radius 3 is 2.53 bits per heavy atom. The zero-order valence-corrected chi connectivity index (χ0v) is 11.9. The predicted molar refractivity (Wildman–Crippen MR) is 70.6 cm³/mol. The van der Waals surface area contributed by atoms with E-state index in [-0.39, 0.29) is 27.1 Å². The predicted octanol–water partition coefficient (Wildman–Crippen LogP) is 2.01. The van der Waals surface area contributed by atoms with Crippen LogP contribution in [-0.4, -0.2) is 20.5 Å². The number of esters is 1. The Bertz CT molecular complexity index is 623. The SMILES string of the molecule is Cc1c(C(=O)OC2CCC2)cc(Cl)cc1S(N)(=O)=O. The average molecular weight is 304 g/mol. The first-order valence-electron chi connectivity index (χ1n) is 5.83. The van der Waals surface area contributed by atoms with Gasteiger partial charge in [-0.05, 0) is 43.9 Å². The van der Waals surface area contributed by atoms with Crippen molar-refractivity contribution in [3.8, 4) is 0 Å². The van der Waals surface area contributed by atoms with Crippen molar-refractivity contribution in [1.29, 1.82) is 0 Å². The van der Waals surface area contributed by atoms with Gasteiger partial charge in [-0.25, -0.2) is 18.4 Å². The summed E-state index contributed by atoms with van der Waals surface area (Å²) in [5, 5.41) is 5.23. The number of ether oxygens (including phenoxy) is 1. The molecule has 0 amide bonds. The zero-order chi connectivity index (χ0) is 14.2. The number of hydrogen-bond donors (Lipinski definition) is 1. The number of carbonyl (C=O) groups excluding carboxylic acids is 1. The maximum absolute atomic E-state index is 12.0. The van der Waals surface area contributed by atoms with Crippen LogP contribution in [0.3, 0.4) is 0 Å². The number of halogens is 1. The molecular weight excluding hydrogens is 290 g/mol. The van der Waals surface area contributed by atoms with Crippen LogP contribution in [0.15, 0.2) is 17.0 Å². The van der Waals surface area contributed by atoms with Gasteiger partial charge in [0.2, 0.25) is 10.0 Å². The van der Waals surface area contributed by atoms with E-state index < -0.39 is 16.0 Å². The molecule has 104 valence electrons. The minimum Gasteiger partial charge on any atom is -0.459 e. The van der Waals surface area contributed by atoms with Crippen LogP contribution in [0, 0.1) is 6.92 Å². The molecule has 0 saturated heterocycles. The van der Waals surface area contributed by atoms with Crippen LogP contribution >= 0.6 is 11.6 Å². The third kappa shape index (κ3) is 3.08. The molecule has 0 radical (unpaired) electrons. The van der Waals surface area contributed by atoms with E-state index in [9.17, 15) is 13.2 Å². The van der Waals surface area contributed by atoms with E-state index in [4.69, 9.17) is 21.5 Å². The maximum Gasteiger partial charge on any atom is 0.338 e. The van der Waals surface area contributed by atoms with Crippen LogP contribution in [0.5, 0.6) is 0 Å². The molecule has 1 aliphatic rings. The highest BCUT2D eigenvalue weighted by Gasteiger charge is 2.25. The quantitative estimate of drug-likeness (QED) is 0.865. The summed E-state index contributed by atoms with van der Waals surface area (Å²) in [5.74, 6) is -0.561. The number of sulfonamides is 1. The Morgan fingerprint density at radius 2 is 2.05 bits per heavy atom. The Kier molecular flexibility index (Phi) is 3.85. The third-order valence-corrected chi connectivity index (χ3v) is 4.43. The fraction of sp³-hybridized carbons (Fsp3) is 0.417. The van der Waals surface area contributed by atoms with E-state index >= 15 is 0 Å². The molecule has 5 nitrogen and oxygen atoms in total. The molecule has 19 heavy (non-hydrogen) atoms. The van der Waals surface area contributed by atoms with Crippen molar-refractivity contribution >= 4 is 27.6 Å². The minimum atomic E-state index is -3.92. The fourth-order valence-electron chi connectivity index (χ4n) is 1.87. The highest BCUT2D eigenvalue weighted by Crippen LogP contribution is 2.27. The smallest absolute Gasteiger partial charge is 0.338 e. The molecule has 0 aliphatic heterocycles. The standard InChI is InChI=1S/C12H14ClNO4S/c1-7-10(12(15)18-9-3-2-4-9)5-8(13)6-11(7)19(14,16)17/h5-6,9H,2-4H2,1H3,(H2,14,16,17). The second-order valence-electron chi connectivity index (χ2n) is 4.58. The summed E-state index contributed by atoms with van der Waals surface area (Å²) < 4.78 is 28.1. The van der Waals surface area contributed by atoms with Gasteiger partial charge in [-0.15, -0.1) is 0 Å². The van der Waals surface area contributed by atoms with Gasteiger partial charge in [0.15, 0.2) is 0 Å². The van der Waals surface area contributed by atoms with Crippen LogP contribution in [-0.2, 0) is 14.8 Å². The van der Waals surface area contributed by atoms with Crippen molar-refractivity contribution in [2.24, 2.45) is 5.14 Å². The van der Waals surface area contributed by atoms with Gasteiger partial charge in [-0.3, -0.25) is 0 Å². The summed E-state index contributed by atoms with van der Waals surface area (Å²) in [6.45, 7) is 1.51. The first-order valence-corrected chi connectivity index (χ1v) is 7.75. The van der Waals surface area contributed by atoms with Crippen molar-refractivity contribution in [2.45, 2.75) is 37.2 Å². The maximum atomic E-state index is 12.0. The average Bonchev–Trinajstić information content (AvgIpc) is 2.24. The fourth-order valence-corrected chi connectivity index (χ4v) is 2.98. The highest BCUT2D eigenvalue weighted by atomic mass is 35.5. The van der Waals surface area contributed by atoms with Crippen LogP contribution in [0.2, 0.25) is 5.02 Å². The van der Waals surface area contributed by atoms with Crippen LogP contribution in [0.4, 0.5) is 0 Å². The summed E-state index contributed by atoms with van der Waals surface area (Å²) in [6, 6.07) is 2.62. The molecule has 2 rings (SSSR count). The molecule has 1 aliphatic carbocycles. The molecule has 0 bridgehead atoms. The molecule has 0 unspecified atom stereocenters. The molecule has 1 aromatic carbocycles. The molecule has 0 aromatic heterocycles. The molecule has 1 aromatic rings. The van der Waals surface area contributed by atoms with Crippen LogP contribution in [0.1, 0.15) is 35.2 Å². The molecule has 1 fully saturated rings. The van der Waals surface area contributed by atoms with Gasteiger partial charge in [-0.2, -0.15) is 0 Å². The second kappa shape index (κ2) is 5.11. The first kappa shape index (κ1) is 14.3. The van der Waals surface area contributed by atoms with E-state index in [2.05, 4.69) is 0 Å². The number of carbonyl (C=O) groups is 1. The number of hydrogen-bond acceptors (Lipinski definition) is 4.